The number of allylic oxidation sites excluding steroid dienone is 1. The van der Waals surface area contributed by atoms with E-state index in [1.54, 1.807) is 38.5 Å². The van der Waals surface area contributed by atoms with Crippen LogP contribution in [-0.2, 0) is 16.1 Å². The third-order valence-electron chi connectivity index (χ3n) is 6.56. The minimum absolute atomic E-state index is 0.270. The van der Waals surface area contributed by atoms with Crippen LogP contribution in [0, 0.1) is 0 Å². The molecule has 216 valence electrons. The molecule has 3 aromatic carbocycles. The fourth-order valence-electron chi connectivity index (χ4n) is 4.68. The minimum Gasteiger partial charge on any atom is -0.496 e. The second-order valence-electron chi connectivity index (χ2n) is 9.89. The Morgan fingerprint density at radius 3 is 2.50 bits per heavy atom. The van der Waals surface area contributed by atoms with Crippen molar-refractivity contribution < 1.29 is 19.0 Å². The number of esters is 1. The normalized spacial score (nSPS) is 14.9. The lowest BCUT2D eigenvalue weighted by Gasteiger charge is -2.26. The van der Waals surface area contributed by atoms with Gasteiger partial charge in [0.25, 0.3) is 5.56 Å². The van der Waals surface area contributed by atoms with Crippen LogP contribution in [0.25, 0.3) is 6.08 Å². The van der Waals surface area contributed by atoms with Crippen LogP contribution in [0.15, 0.2) is 96.7 Å². The van der Waals surface area contributed by atoms with Crippen molar-refractivity contribution >= 4 is 55.2 Å². The van der Waals surface area contributed by atoms with E-state index in [-0.39, 0.29) is 11.7 Å². The van der Waals surface area contributed by atoms with E-state index in [1.807, 2.05) is 66.7 Å². The predicted molar refractivity (Wildman–Crippen MR) is 171 cm³/mol. The first-order valence-corrected chi connectivity index (χ1v) is 15.6. The molecule has 42 heavy (non-hydrogen) atoms. The average Bonchev–Trinajstić information content (AvgIpc) is 3.25. The molecule has 1 aliphatic heterocycles. The number of carbonyl (C=O) groups is 1. The van der Waals surface area contributed by atoms with Crippen molar-refractivity contribution in [3.63, 3.8) is 0 Å². The molecule has 0 spiro atoms. The maximum absolute atomic E-state index is 14.0. The van der Waals surface area contributed by atoms with Crippen LogP contribution in [0.5, 0.6) is 11.5 Å². The summed E-state index contributed by atoms with van der Waals surface area (Å²) >= 11 is 8.40. The number of methoxy groups -OCH3 is 1. The van der Waals surface area contributed by atoms with Crippen LogP contribution in [-0.4, -0.2) is 23.8 Å². The van der Waals surface area contributed by atoms with Gasteiger partial charge < -0.3 is 14.2 Å². The summed E-state index contributed by atoms with van der Waals surface area (Å²) in [6, 6.07) is 20.3. The second kappa shape index (κ2) is 12.8. The van der Waals surface area contributed by atoms with Crippen molar-refractivity contribution in [2.45, 2.75) is 39.5 Å². The van der Waals surface area contributed by atoms with Crippen molar-refractivity contribution in [1.29, 1.82) is 0 Å². The summed E-state index contributed by atoms with van der Waals surface area (Å²) in [4.78, 5) is 32.6. The Morgan fingerprint density at radius 2 is 1.81 bits per heavy atom. The number of hydrogen-bond acceptors (Lipinski definition) is 7. The zero-order valence-electron chi connectivity index (χ0n) is 23.4. The summed E-state index contributed by atoms with van der Waals surface area (Å²) in [6.07, 6.45) is 1.47. The predicted octanol–water partition coefficient (Wildman–Crippen LogP) is 6.30. The molecular formula is C32H28Br2N2O5S. The number of thiazole rings is 1. The third kappa shape index (κ3) is 6.30. The quantitative estimate of drug-likeness (QED) is 0.201. The molecule has 0 amide bonds. The smallest absolute Gasteiger partial charge is 0.338 e. The van der Waals surface area contributed by atoms with E-state index in [9.17, 15) is 9.59 Å². The van der Waals surface area contributed by atoms with E-state index in [2.05, 4.69) is 36.9 Å². The highest BCUT2D eigenvalue weighted by atomic mass is 79.9. The first-order valence-electron chi connectivity index (χ1n) is 13.2. The summed E-state index contributed by atoms with van der Waals surface area (Å²) in [7, 11) is 1.56. The molecule has 2 heterocycles. The number of nitrogens with zero attached hydrogens (tertiary/aromatic N) is 2. The number of aromatic nitrogens is 1. The van der Waals surface area contributed by atoms with Crippen molar-refractivity contribution in [3.8, 4) is 11.5 Å². The number of rotatable bonds is 8. The highest BCUT2D eigenvalue weighted by Gasteiger charge is 2.35. The van der Waals surface area contributed by atoms with Crippen molar-refractivity contribution in [3.05, 3.63) is 123 Å². The van der Waals surface area contributed by atoms with Crippen molar-refractivity contribution in [2.75, 3.05) is 7.11 Å². The molecule has 0 radical (unpaired) electrons. The average molecular weight is 712 g/mol. The molecule has 0 bridgehead atoms. The zero-order chi connectivity index (χ0) is 30.0. The topological polar surface area (TPSA) is 79.1 Å². The molecule has 0 N–H and O–H groups in total. The van der Waals surface area contributed by atoms with Gasteiger partial charge in [0, 0.05) is 10.0 Å². The van der Waals surface area contributed by atoms with E-state index in [4.69, 9.17) is 14.2 Å². The number of hydrogen-bond donors (Lipinski definition) is 0. The molecule has 1 aromatic heterocycles. The Morgan fingerprint density at radius 1 is 1.07 bits per heavy atom. The lowest BCUT2D eigenvalue weighted by atomic mass is 9.95. The Balaban J connectivity index is 1.58. The first kappa shape index (κ1) is 30.0. The van der Waals surface area contributed by atoms with Crippen LogP contribution in [0.1, 0.15) is 43.5 Å². The Labute approximate surface area is 264 Å². The van der Waals surface area contributed by atoms with E-state index in [1.165, 1.54) is 11.3 Å². The third-order valence-corrected chi connectivity index (χ3v) is 8.66. The Bertz CT molecular complexity index is 1860. The van der Waals surface area contributed by atoms with E-state index < -0.39 is 12.0 Å². The number of benzene rings is 3. The first-order chi connectivity index (χ1) is 20.2. The molecule has 0 aliphatic carbocycles. The largest absolute Gasteiger partial charge is 0.496 e. The molecule has 0 fully saturated rings. The summed E-state index contributed by atoms with van der Waals surface area (Å²) in [5.74, 6) is 0.711. The van der Waals surface area contributed by atoms with E-state index >= 15 is 0 Å². The molecule has 1 aliphatic rings. The number of halogens is 2. The fourth-order valence-corrected chi connectivity index (χ4v) is 6.62. The summed E-state index contributed by atoms with van der Waals surface area (Å²) in [6.45, 7) is 5.77. The molecule has 7 nitrogen and oxygen atoms in total. The van der Waals surface area contributed by atoms with Gasteiger partial charge in [0.05, 0.1) is 33.5 Å². The van der Waals surface area contributed by atoms with Gasteiger partial charge in [-0.15, -0.1) is 0 Å². The standard InChI is InChI=1S/C32H28Br2N2O5S/c1-18(2)41-31(38)28-19(3)35-32-36(29(28)23-16-22(33)11-13-25(23)39-4)30(37)27(42-32)15-21-10-12-26(24(34)14-21)40-17-20-8-6-5-7-9-20/h5-16,18,29H,17H2,1-4H3/b27-15-/t29-/m1/s1. The highest BCUT2D eigenvalue weighted by molar-refractivity contribution is 9.10. The summed E-state index contributed by atoms with van der Waals surface area (Å²) in [5.41, 5.74) is 3.04. The van der Waals surface area contributed by atoms with Crippen molar-refractivity contribution in [2.24, 2.45) is 4.99 Å². The van der Waals surface area contributed by atoms with Gasteiger partial charge in [0.2, 0.25) is 0 Å². The molecule has 1 atom stereocenters. The van der Waals surface area contributed by atoms with Crippen LogP contribution in [0.2, 0.25) is 0 Å². The molecule has 0 saturated carbocycles. The second-order valence-corrected chi connectivity index (χ2v) is 12.7. The van der Waals surface area contributed by atoms with Gasteiger partial charge in [-0.05, 0) is 84.2 Å². The fraction of sp³-hybridized carbons (Fsp3) is 0.219. The zero-order valence-corrected chi connectivity index (χ0v) is 27.4. The maximum Gasteiger partial charge on any atom is 0.338 e. The molecule has 10 heteroatoms. The Kier molecular flexibility index (Phi) is 9.15. The SMILES string of the molecule is COc1ccc(Br)cc1[C@@H]1C(C(=O)OC(C)C)=C(C)N=c2s/c(=C\c3ccc(OCc4ccccc4)c(Br)c3)c(=O)n21. The van der Waals surface area contributed by atoms with E-state index in [0.717, 1.165) is 20.1 Å². The molecule has 0 saturated heterocycles. The van der Waals surface area contributed by atoms with Crippen molar-refractivity contribution in [1.82, 2.24) is 4.57 Å². The van der Waals surface area contributed by atoms with Gasteiger partial charge in [-0.2, -0.15) is 0 Å². The highest BCUT2D eigenvalue weighted by Crippen LogP contribution is 2.37. The van der Waals surface area contributed by atoms with Gasteiger partial charge in [0.15, 0.2) is 4.80 Å². The van der Waals surface area contributed by atoms with Gasteiger partial charge in [-0.1, -0.05) is 63.7 Å². The Hall–Kier alpha value is -3.47. The summed E-state index contributed by atoms with van der Waals surface area (Å²) < 4.78 is 20.8. The van der Waals surface area contributed by atoms with Crippen LogP contribution < -0.4 is 24.4 Å². The number of carbonyl (C=O) groups excluding carboxylic acids is 1. The number of ether oxygens (including phenoxy) is 3. The summed E-state index contributed by atoms with van der Waals surface area (Å²) in [5, 5.41) is 0. The maximum atomic E-state index is 14.0. The molecular weight excluding hydrogens is 684 g/mol. The monoisotopic (exact) mass is 710 g/mol. The van der Waals surface area contributed by atoms with Crippen LogP contribution in [0.4, 0.5) is 0 Å². The van der Waals surface area contributed by atoms with Gasteiger partial charge >= 0.3 is 5.97 Å². The van der Waals surface area contributed by atoms with E-state index in [0.29, 0.717) is 44.3 Å². The lowest BCUT2D eigenvalue weighted by molar-refractivity contribution is -0.143. The molecule has 5 rings (SSSR count). The lowest BCUT2D eigenvalue weighted by Crippen LogP contribution is -2.40. The minimum atomic E-state index is -0.789. The van der Waals surface area contributed by atoms with Crippen LogP contribution in [0.3, 0.4) is 0 Å². The molecule has 4 aromatic rings. The van der Waals surface area contributed by atoms with Gasteiger partial charge in [-0.3, -0.25) is 9.36 Å². The number of fused-ring (bicyclic) bond motifs is 1. The van der Waals surface area contributed by atoms with Gasteiger partial charge in [0.1, 0.15) is 24.1 Å². The van der Waals surface area contributed by atoms with Crippen LogP contribution >= 0.6 is 43.2 Å². The van der Waals surface area contributed by atoms with Gasteiger partial charge in [-0.25, -0.2) is 9.79 Å². The molecule has 0 unspecified atom stereocenters.